The average Bonchev–Trinajstić information content (AvgIpc) is 2.81. The largest absolute Gasteiger partial charge is 0.476 e. The summed E-state index contributed by atoms with van der Waals surface area (Å²) in [6, 6.07) is 7.96. The Hall–Kier alpha value is -2.21. The molecule has 0 unspecified atom stereocenters. The zero-order valence-corrected chi connectivity index (χ0v) is 12.0. The van der Waals surface area contributed by atoms with E-state index in [4.69, 9.17) is 5.11 Å². The second kappa shape index (κ2) is 5.83. The van der Waals surface area contributed by atoms with Crippen LogP contribution in [0.3, 0.4) is 0 Å². The molecule has 5 nitrogen and oxygen atoms in total. The third-order valence-electron chi connectivity index (χ3n) is 2.68. The minimum atomic E-state index is -1.19. The minimum Gasteiger partial charge on any atom is -0.476 e. The van der Waals surface area contributed by atoms with E-state index in [1.54, 1.807) is 0 Å². The Morgan fingerprint density at radius 3 is 2.70 bits per heavy atom. The van der Waals surface area contributed by atoms with Crippen molar-refractivity contribution >= 4 is 28.2 Å². The van der Waals surface area contributed by atoms with Crippen LogP contribution in [-0.2, 0) is 6.54 Å². The standard InChI is InChI=1S/C14H14N2O3S/c1-8-4-3-5-10(6-8)7-15-14-16-11(13(18)19)12(20-14)9(2)17/h3-6H,7H2,1-2H3,(H,15,16)(H,18,19). The number of hydrogen-bond donors (Lipinski definition) is 2. The van der Waals surface area contributed by atoms with Gasteiger partial charge in [-0.15, -0.1) is 0 Å². The van der Waals surface area contributed by atoms with Crippen LogP contribution in [0, 0.1) is 6.92 Å². The van der Waals surface area contributed by atoms with Crippen LogP contribution in [0.2, 0.25) is 0 Å². The van der Waals surface area contributed by atoms with E-state index in [-0.39, 0.29) is 16.4 Å². The Kier molecular flexibility index (Phi) is 4.14. The number of carboxylic acids is 1. The lowest BCUT2D eigenvalue weighted by atomic mass is 10.1. The predicted octanol–water partition coefficient (Wildman–Crippen LogP) is 2.96. The fraction of sp³-hybridized carbons (Fsp3) is 0.214. The summed E-state index contributed by atoms with van der Waals surface area (Å²) < 4.78 is 0. The molecule has 0 amide bonds. The van der Waals surface area contributed by atoms with Gasteiger partial charge in [0.15, 0.2) is 16.6 Å². The van der Waals surface area contributed by atoms with Crippen LogP contribution in [0.15, 0.2) is 24.3 Å². The van der Waals surface area contributed by atoms with Gasteiger partial charge in [-0.1, -0.05) is 41.2 Å². The van der Waals surface area contributed by atoms with Gasteiger partial charge in [-0.3, -0.25) is 4.79 Å². The molecule has 0 saturated carbocycles. The molecule has 2 aromatic rings. The van der Waals surface area contributed by atoms with Crippen LogP contribution >= 0.6 is 11.3 Å². The highest BCUT2D eigenvalue weighted by Crippen LogP contribution is 2.24. The molecule has 2 N–H and O–H groups in total. The fourth-order valence-corrected chi connectivity index (χ4v) is 2.63. The van der Waals surface area contributed by atoms with Crippen molar-refractivity contribution in [2.24, 2.45) is 0 Å². The van der Waals surface area contributed by atoms with E-state index >= 15 is 0 Å². The molecule has 0 aliphatic carbocycles. The van der Waals surface area contributed by atoms with Crippen LogP contribution in [0.25, 0.3) is 0 Å². The molecule has 1 aromatic carbocycles. The molecule has 0 spiro atoms. The van der Waals surface area contributed by atoms with E-state index in [0.717, 1.165) is 22.5 Å². The third kappa shape index (κ3) is 3.21. The maximum atomic E-state index is 11.4. The molecule has 0 aliphatic heterocycles. The molecule has 0 atom stereocenters. The number of anilines is 1. The molecular formula is C14H14N2O3S. The topological polar surface area (TPSA) is 79.3 Å². The first-order valence-electron chi connectivity index (χ1n) is 6.02. The molecule has 6 heteroatoms. The van der Waals surface area contributed by atoms with Crippen molar-refractivity contribution < 1.29 is 14.7 Å². The summed E-state index contributed by atoms with van der Waals surface area (Å²) in [6.45, 7) is 3.87. The van der Waals surface area contributed by atoms with Crippen molar-refractivity contribution in [3.8, 4) is 0 Å². The van der Waals surface area contributed by atoms with Gasteiger partial charge in [-0.05, 0) is 12.5 Å². The second-order valence-corrected chi connectivity index (χ2v) is 5.40. The first-order chi connectivity index (χ1) is 9.47. The zero-order valence-electron chi connectivity index (χ0n) is 11.1. The maximum absolute atomic E-state index is 11.4. The van der Waals surface area contributed by atoms with Gasteiger partial charge >= 0.3 is 5.97 Å². The summed E-state index contributed by atoms with van der Waals surface area (Å²) >= 11 is 1.07. The van der Waals surface area contributed by atoms with E-state index in [1.807, 2.05) is 31.2 Å². The van der Waals surface area contributed by atoms with Gasteiger partial charge in [0.05, 0.1) is 0 Å². The van der Waals surface area contributed by atoms with Gasteiger partial charge in [0, 0.05) is 13.5 Å². The molecule has 0 aliphatic rings. The summed E-state index contributed by atoms with van der Waals surface area (Å²) in [7, 11) is 0. The molecule has 0 saturated heterocycles. The van der Waals surface area contributed by atoms with Crippen LogP contribution in [-0.4, -0.2) is 21.8 Å². The van der Waals surface area contributed by atoms with Crippen molar-refractivity contribution in [2.75, 3.05) is 5.32 Å². The summed E-state index contributed by atoms with van der Waals surface area (Å²) in [6.07, 6.45) is 0. The van der Waals surface area contributed by atoms with Crippen LogP contribution < -0.4 is 5.32 Å². The first-order valence-corrected chi connectivity index (χ1v) is 6.83. The van der Waals surface area contributed by atoms with Gasteiger partial charge < -0.3 is 10.4 Å². The highest BCUT2D eigenvalue weighted by Gasteiger charge is 2.20. The highest BCUT2D eigenvalue weighted by atomic mass is 32.1. The number of nitrogens with one attached hydrogen (secondary N) is 1. The number of thiazole rings is 1. The highest BCUT2D eigenvalue weighted by molar-refractivity contribution is 7.17. The van der Waals surface area contributed by atoms with E-state index in [1.165, 1.54) is 6.92 Å². The molecule has 1 heterocycles. The van der Waals surface area contributed by atoms with Crippen molar-refractivity contribution in [3.63, 3.8) is 0 Å². The van der Waals surface area contributed by atoms with Crippen LogP contribution in [0.5, 0.6) is 0 Å². The molecule has 2 rings (SSSR count). The molecule has 0 bridgehead atoms. The van der Waals surface area contributed by atoms with Crippen molar-refractivity contribution in [2.45, 2.75) is 20.4 Å². The molecular weight excluding hydrogens is 276 g/mol. The van der Waals surface area contributed by atoms with E-state index in [0.29, 0.717) is 11.7 Å². The second-order valence-electron chi connectivity index (χ2n) is 4.40. The number of carbonyl (C=O) groups is 2. The van der Waals surface area contributed by atoms with Crippen molar-refractivity contribution in [1.29, 1.82) is 0 Å². The number of Topliss-reactive ketones (excluding diaryl/α,β-unsaturated/α-hetero) is 1. The average molecular weight is 290 g/mol. The number of hydrogen-bond acceptors (Lipinski definition) is 5. The van der Waals surface area contributed by atoms with E-state index < -0.39 is 5.97 Å². The van der Waals surface area contributed by atoms with Gasteiger partial charge in [0.2, 0.25) is 0 Å². The summed E-state index contributed by atoms with van der Waals surface area (Å²) in [5, 5.41) is 12.5. The smallest absolute Gasteiger partial charge is 0.356 e. The Balaban J connectivity index is 2.16. The van der Waals surface area contributed by atoms with Gasteiger partial charge in [0.1, 0.15) is 4.88 Å². The fourth-order valence-electron chi connectivity index (χ4n) is 1.78. The SMILES string of the molecule is CC(=O)c1sc(NCc2cccc(C)c2)nc1C(=O)O. The van der Waals surface area contributed by atoms with Crippen LogP contribution in [0.1, 0.15) is 38.2 Å². The minimum absolute atomic E-state index is 0.171. The molecule has 1 aromatic heterocycles. The number of aromatic carboxylic acids is 1. The third-order valence-corrected chi connectivity index (χ3v) is 3.79. The summed E-state index contributed by atoms with van der Waals surface area (Å²) in [5.41, 5.74) is 2.04. The summed E-state index contributed by atoms with van der Waals surface area (Å²) in [4.78, 5) is 26.5. The predicted molar refractivity (Wildman–Crippen MR) is 77.6 cm³/mol. The monoisotopic (exact) mass is 290 g/mol. The quantitative estimate of drug-likeness (QED) is 0.828. The van der Waals surface area contributed by atoms with Gasteiger partial charge in [0.25, 0.3) is 0 Å². The number of aryl methyl sites for hydroxylation is 1. The Morgan fingerprint density at radius 1 is 1.40 bits per heavy atom. The van der Waals surface area contributed by atoms with Crippen molar-refractivity contribution in [1.82, 2.24) is 4.98 Å². The normalized spacial score (nSPS) is 10.3. The lowest BCUT2D eigenvalue weighted by molar-refractivity contribution is 0.0687. The Morgan fingerprint density at radius 2 is 2.15 bits per heavy atom. The number of ketones is 1. The molecule has 0 fully saturated rings. The van der Waals surface area contributed by atoms with E-state index in [2.05, 4.69) is 10.3 Å². The van der Waals surface area contributed by atoms with Gasteiger partial charge in [-0.25, -0.2) is 9.78 Å². The van der Waals surface area contributed by atoms with Crippen molar-refractivity contribution in [3.05, 3.63) is 46.0 Å². The maximum Gasteiger partial charge on any atom is 0.356 e. The first kappa shape index (κ1) is 14.2. The number of nitrogens with zero attached hydrogens (tertiary/aromatic N) is 1. The number of aromatic nitrogens is 1. The number of rotatable bonds is 5. The lowest BCUT2D eigenvalue weighted by Crippen LogP contribution is -2.04. The Labute approximate surface area is 120 Å². The lowest BCUT2D eigenvalue weighted by Gasteiger charge is -2.03. The summed E-state index contributed by atoms with van der Waals surface area (Å²) in [5.74, 6) is -1.47. The number of benzene rings is 1. The molecule has 0 radical (unpaired) electrons. The van der Waals surface area contributed by atoms with Crippen LogP contribution in [0.4, 0.5) is 5.13 Å². The molecule has 20 heavy (non-hydrogen) atoms. The van der Waals surface area contributed by atoms with Gasteiger partial charge in [-0.2, -0.15) is 0 Å². The number of carboxylic acid groups (broad SMARTS) is 1. The zero-order chi connectivity index (χ0) is 14.7. The molecule has 104 valence electrons. The number of carbonyl (C=O) groups excluding carboxylic acids is 1. The van der Waals surface area contributed by atoms with E-state index in [9.17, 15) is 9.59 Å². The Bertz CT molecular complexity index is 633.